The average molecular weight is 221 g/mol. The number of methoxy groups -OCH3 is 1. The molecule has 0 atom stereocenters. The van der Waals surface area contributed by atoms with Gasteiger partial charge in [0, 0.05) is 31.7 Å². The van der Waals surface area contributed by atoms with Crippen LogP contribution in [0.15, 0.2) is 18.2 Å². The van der Waals surface area contributed by atoms with Crippen molar-refractivity contribution in [3.05, 3.63) is 29.3 Å². The summed E-state index contributed by atoms with van der Waals surface area (Å²) >= 11 is 0. The fraction of sp³-hybridized carbons (Fsp3) is 0.538. The predicted octanol–water partition coefficient (Wildman–Crippen LogP) is 1.92. The Morgan fingerprint density at radius 2 is 2.19 bits per heavy atom. The van der Waals surface area contributed by atoms with Crippen LogP contribution in [0.4, 0.5) is 0 Å². The van der Waals surface area contributed by atoms with Crippen LogP contribution in [-0.4, -0.2) is 26.8 Å². The number of ether oxygens (including phenoxy) is 2. The van der Waals surface area contributed by atoms with Gasteiger partial charge in [0.1, 0.15) is 5.75 Å². The molecule has 1 aliphatic rings. The highest BCUT2D eigenvalue weighted by Gasteiger charge is 2.22. The van der Waals surface area contributed by atoms with Crippen LogP contribution in [0.5, 0.6) is 5.75 Å². The second-order valence-electron chi connectivity index (χ2n) is 4.09. The van der Waals surface area contributed by atoms with Gasteiger partial charge in [0.15, 0.2) is 0 Å². The lowest BCUT2D eigenvalue weighted by Gasteiger charge is -2.29. The number of rotatable bonds is 5. The monoisotopic (exact) mass is 221 g/mol. The van der Waals surface area contributed by atoms with Gasteiger partial charge in [-0.25, -0.2) is 0 Å². The first-order valence-corrected chi connectivity index (χ1v) is 5.80. The molecular formula is C13H19NO2. The van der Waals surface area contributed by atoms with Gasteiger partial charge in [0.05, 0.1) is 13.2 Å². The van der Waals surface area contributed by atoms with Crippen molar-refractivity contribution in [3.63, 3.8) is 0 Å². The zero-order valence-electron chi connectivity index (χ0n) is 9.95. The summed E-state index contributed by atoms with van der Waals surface area (Å²) in [6.07, 6.45) is 0. The Balaban J connectivity index is 2.23. The van der Waals surface area contributed by atoms with Gasteiger partial charge in [-0.1, -0.05) is 6.07 Å². The minimum Gasteiger partial charge on any atom is -0.494 e. The van der Waals surface area contributed by atoms with Crippen molar-refractivity contribution >= 4 is 0 Å². The molecule has 0 bridgehead atoms. The first-order valence-electron chi connectivity index (χ1n) is 5.80. The smallest absolute Gasteiger partial charge is 0.122 e. The van der Waals surface area contributed by atoms with E-state index in [0.717, 1.165) is 25.4 Å². The molecule has 1 heterocycles. The minimum absolute atomic E-state index is 0.596. The Hall–Kier alpha value is -1.06. The maximum absolute atomic E-state index is 5.66. The number of benzene rings is 1. The highest BCUT2D eigenvalue weighted by Crippen LogP contribution is 2.30. The van der Waals surface area contributed by atoms with E-state index in [1.807, 2.05) is 6.92 Å². The standard InChI is InChI=1S/C13H19NO2/c1-3-16-13-5-4-10(9-15-2)6-12(13)11-7-14-8-11/h4-6,11,14H,3,7-9H2,1-2H3. The lowest BCUT2D eigenvalue weighted by atomic mass is 9.91. The summed E-state index contributed by atoms with van der Waals surface area (Å²) in [6.45, 7) is 5.51. The van der Waals surface area contributed by atoms with E-state index in [1.165, 1.54) is 11.1 Å². The Morgan fingerprint density at radius 1 is 1.38 bits per heavy atom. The van der Waals surface area contributed by atoms with Crippen LogP contribution in [-0.2, 0) is 11.3 Å². The number of hydrogen-bond acceptors (Lipinski definition) is 3. The molecule has 16 heavy (non-hydrogen) atoms. The SMILES string of the molecule is CCOc1ccc(COC)cc1C1CNC1. The Morgan fingerprint density at radius 3 is 2.75 bits per heavy atom. The van der Waals surface area contributed by atoms with Gasteiger partial charge >= 0.3 is 0 Å². The van der Waals surface area contributed by atoms with Crippen molar-refractivity contribution in [2.24, 2.45) is 0 Å². The molecule has 0 aliphatic carbocycles. The third-order valence-electron chi connectivity index (χ3n) is 2.91. The van der Waals surface area contributed by atoms with Crippen LogP contribution in [0.3, 0.4) is 0 Å². The van der Waals surface area contributed by atoms with E-state index in [4.69, 9.17) is 9.47 Å². The van der Waals surface area contributed by atoms with Gasteiger partial charge < -0.3 is 14.8 Å². The van der Waals surface area contributed by atoms with Gasteiger partial charge in [-0.15, -0.1) is 0 Å². The van der Waals surface area contributed by atoms with Crippen molar-refractivity contribution in [3.8, 4) is 5.75 Å². The van der Waals surface area contributed by atoms with Gasteiger partial charge in [-0.2, -0.15) is 0 Å². The van der Waals surface area contributed by atoms with Crippen LogP contribution in [0.25, 0.3) is 0 Å². The molecule has 0 spiro atoms. The largest absolute Gasteiger partial charge is 0.494 e. The quantitative estimate of drug-likeness (QED) is 0.824. The molecule has 3 heteroatoms. The number of hydrogen-bond donors (Lipinski definition) is 1. The maximum atomic E-state index is 5.66. The number of nitrogens with one attached hydrogen (secondary N) is 1. The van der Waals surface area contributed by atoms with E-state index in [-0.39, 0.29) is 0 Å². The van der Waals surface area contributed by atoms with Crippen LogP contribution in [0.1, 0.15) is 24.0 Å². The fourth-order valence-electron chi connectivity index (χ4n) is 1.97. The highest BCUT2D eigenvalue weighted by molar-refractivity contribution is 5.41. The summed E-state index contributed by atoms with van der Waals surface area (Å²) in [4.78, 5) is 0. The molecule has 1 fully saturated rings. The van der Waals surface area contributed by atoms with E-state index in [1.54, 1.807) is 7.11 Å². The molecule has 88 valence electrons. The van der Waals surface area contributed by atoms with Gasteiger partial charge in [-0.05, 0) is 24.6 Å². The Bertz CT molecular complexity index is 348. The first kappa shape index (κ1) is 11.4. The van der Waals surface area contributed by atoms with E-state index < -0.39 is 0 Å². The van der Waals surface area contributed by atoms with Crippen molar-refractivity contribution in [1.82, 2.24) is 5.32 Å². The summed E-state index contributed by atoms with van der Waals surface area (Å²) < 4.78 is 10.8. The zero-order chi connectivity index (χ0) is 11.4. The molecule has 0 unspecified atom stereocenters. The molecule has 0 aromatic heterocycles. The summed E-state index contributed by atoms with van der Waals surface area (Å²) in [5.74, 6) is 1.62. The summed E-state index contributed by atoms with van der Waals surface area (Å²) in [7, 11) is 1.72. The summed E-state index contributed by atoms with van der Waals surface area (Å²) in [5.41, 5.74) is 2.53. The van der Waals surface area contributed by atoms with E-state index >= 15 is 0 Å². The second kappa shape index (κ2) is 5.32. The fourth-order valence-corrected chi connectivity index (χ4v) is 1.97. The normalized spacial score (nSPS) is 15.9. The average Bonchev–Trinajstić information content (AvgIpc) is 2.20. The molecule has 0 amide bonds. The summed E-state index contributed by atoms with van der Waals surface area (Å²) in [6, 6.07) is 6.34. The van der Waals surface area contributed by atoms with Gasteiger partial charge in [0.25, 0.3) is 0 Å². The van der Waals surface area contributed by atoms with Crippen LogP contribution in [0.2, 0.25) is 0 Å². The van der Waals surface area contributed by atoms with Crippen LogP contribution >= 0.6 is 0 Å². The van der Waals surface area contributed by atoms with Crippen molar-refractivity contribution in [2.75, 3.05) is 26.8 Å². The summed E-state index contributed by atoms with van der Waals surface area (Å²) in [5, 5.41) is 3.29. The Labute approximate surface area is 96.8 Å². The molecule has 1 aliphatic heterocycles. The molecule has 0 saturated carbocycles. The minimum atomic E-state index is 0.596. The van der Waals surface area contributed by atoms with E-state index in [2.05, 4.69) is 23.5 Å². The lowest BCUT2D eigenvalue weighted by Crippen LogP contribution is -2.40. The van der Waals surface area contributed by atoms with Crippen LogP contribution in [0, 0.1) is 0 Å². The lowest BCUT2D eigenvalue weighted by molar-refractivity contribution is 0.184. The Kier molecular flexibility index (Phi) is 3.80. The molecule has 1 aromatic carbocycles. The third kappa shape index (κ3) is 2.36. The first-order chi connectivity index (χ1) is 7.85. The van der Waals surface area contributed by atoms with Crippen molar-refractivity contribution in [1.29, 1.82) is 0 Å². The van der Waals surface area contributed by atoms with Gasteiger partial charge in [0.2, 0.25) is 0 Å². The van der Waals surface area contributed by atoms with E-state index in [0.29, 0.717) is 12.5 Å². The zero-order valence-corrected chi connectivity index (χ0v) is 9.95. The van der Waals surface area contributed by atoms with Gasteiger partial charge in [-0.3, -0.25) is 0 Å². The van der Waals surface area contributed by atoms with E-state index in [9.17, 15) is 0 Å². The molecular weight excluding hydrogens is 202 g/mol. The topological polar surface area (TPSA) is 30.5 Å². The third-order valence-corrected chi connectivity index (χ3v) is 2.91. The molecule has 1 N–H and O–H groups in total. The molecule has 2 rings (SSSR count). The predicted molar refractivity (Wildman–Crippen MR) is 63.9 cm³/mol. The highest BCUT2D eigenvalue weighted by atomic mass is 16.5. The van der Waals surface area contributed by atoms with Crippen LogP contribution < -0.4 is 10.1 Å². The molecule has 0 radical (unpaired) electrons. The molecule has 1 saturated heterocycles. The van der Waals surface area contributed by atoms with Crippen molar-refractivity contribution < 1.29 is 9.47 Å². The maximum Gasteiger partial charge on any atom is 0.122 e. The second-order valence-corrected chi connectivity index (χ2v) is 4.09. The molecule has 3 nitrogen and oxygen atoms in total. The van der Waals surface area contributed by atoms with Crippen molar-refractivity contribution in [2.45, 2.75) is 19.4 Å². The molecule has 1 aromatic rings.